The molecule has 3 rings (SSSR count). The number of nitrogens with zero attached hydrogens (tertiary/aromatic N) is 2. The van der Waals surface area contributed by atoms with E-state index in [1.165, 1.54) is 6.07 Å². The minimum atomic E-state index is -0.924. The van der Waals surface area contributed by atoms with Crippen LogP contribution in [0.5, 0.6) is 0 Å². The van der Waals surface area contributed by atoms with Crippen molar-refractivity contribution in [2.24, 2.45) is 0 Å². The fourth-order valence-electron chi connectivity index (χ4n) is 2.82. The summed E-state index contributed by atoms with van der Waals surface area (Å²) in [5.74, 6) is -2.03. The van der Waals surface area contributed by atoms with Crippen LogP contribution in [0.1, 0.15) is 22.5 Å². The van der Waals surface area contributed by atoms with Crippen molar-refractivity contribution in [2.75, 3.05) is 0 Å². The number of hydrogen-bond donors (Lipinski definition) is 1. The first kappa shape index (κ1) is 17.8. The number of carbonyl (C=O) groups is 1. The Labute approximate surface area is 150 Å². The van der Waals surface area contributed by atoms with Gasteiger partial charge < -0.3 is 5.32 Å². The fourth-order valence-corrected chi connectivity index (χ4v) is 2.82. The number of amides is 1. The predicted octanol–water partition coefficient (Wildman–Crippen LogP) is 3.63. The normalized spacial score (nSPS) is 10.8. The van der Waals surface area contributed by atoms with Crippen LogP contribution in [-0.2, 0) is 17.8 Å². The molecule has 0 radical (unpaired) electrons. The van der Waals surface area contributed by atoms with E-state index in [2.05, 4.69) is 10.4 Å². The highest BCUT2D eigenvalue weighted by atomic mass is 19.2. The van der Waals surface area contributed by atoms with E-state index in [4.69, 9.17) is 0 Å². The lowest BCUT2D eigenvalue weighted by molar-refractivity contribution is -0.120. The highest BCUT2D eigenvalue weighted by Crippen LogP contribution is 2.18. The van der Waals surface area contributed by atoms with E-state index in [9.17, 15) is 13.6 Å². The van der Waals surface area contributed by atoms with Gasteiger partial charge in [0.25, 0.3) is 0 Å². The molecule has 0 atom stereocenters. The SMILES string of the molecule is Cc1nn(-c2ccccc2)c(C)c1CC(=O)NCc1ccc(F)c(F)c1. The number of benzene rings is 2. The molecule has 3 aromatic rings. The van der Waals surface area contributed by atoms with Gasteiger partial charge in [-0.1, -0.05) is 24.3 Å². The summed E-state index contributed by atoms with van der Waals surface area (Å²) in [5.41, 5.74) is 3.98. The standard InChI is InChI=1S/C20H19F2N3O/c1-13-17(14(2)25(24-13)16-6-4-3-5-7-16)11-20(26)23-12-15-8-9-18(21)19(22)10-15/h3-10H,11-12H2,1-2H3,(H,23,26). The Balaban J connectivity index is 1.69. The minimum absolute atomic E-state index is 0.140. The molecule has 0 fully saturated rings. The van der Waals surface area contributed by atoms with Crippen LogP contribution in [0.3, 0.4) is 0 Å². The lowest BCUT2D eigenvalue weighted by Gasteiger charge is -2.07. The average Bonchev–Trinajstić information content (AvgIpc) is 2.91. The van der Waals surface area contributed by atoms with Crippen molar-refractivity contribution < 1.29 is 13.6 Å². The van der Waals surface area contributed by atoms with Crippen LogP contribution in [0.2, 0.25) is 0 Å². The first-order valence-electron chi connectivity index (χ1n) is 8.27. The molecule has 0 aliphatic heterocycles. The van der Waals surface area contributed by atoms with Crippen molar-refractivity contribution in [3.05, 3.63) is 82.7 Å². The van der Waals surface area contributed by atoms with Crippen molar-refractivity contribution in [3.8, 4) is 5.69 Å². The molecule has 1 amide bonds. The monoisotopic (exact) mass is 355 g/mol. The zero-order valence-electron chi connectivity index (χ0n) is 14.6. The maximum atomic E-state index is 13.2. The molecule has 1 N–H and O–H groups in total. The predicted molar refractivity (Wildman–Crippen MR) is 94.9 cm³/mol. The molecule has 0 saturated carbocycles. The van der Waals surface area contributed by atoms with E-state index >= 15 is 0 Å². The number of halogens is 2. The molecular weight excluding hydrogens is 336 g/mol. The van der Waals surface area contributed by atoms with Crippen LogP contribution in [-0.4, -0.2) is 15.7 Å². The number of para-hydroxylation sites is 1. The Morgan fingerprint density at radius 2 is 1.81 bits per heavy atom. The maximum absolute atomic E-state index is 13.2. The van der Waals surface area contributed by atoms with Gasteiger partial charge in [0.1, 0.15) is 0 Å². The van der Waals surface area contributed by atoms with Gasteiger partial charge in [-0.3, -0.25) is 4.79 Å². The summed E-state index contributed by atoms with van der Waals surface area (Å²) in [5, 5.41) is 7.25. The third-order valence-electron chi connectivity index (χ3n) is 4.25. The summed E-state index contributed by atoms with van der Waals surface area (Å²) in [6.07, 6.45) is 0.175. The molecule has 4 nitrogen and oxygen atoms in total. The number of nitrogens with one attached hydrogen (secondary N) is 1. The maximum Gasteiger partial charge on any atom is 0.224 e. The van der Waals surface area contributed by atoms with Crippen LogP contribution in [0.15, 0.2) is 48.5 Å². The fraction of sp³-hybridized carbons (Fsp3) is 0.200. The van der Waals surface area contributed by atoms with Gasteiger partial charge in [0.2, 0.25) is 5.91 Å². The van der Waals surface area contributed by atoms with Crippen LogP contribution in [0.4, 0.5) is 8.78 Å². The number of carbonyl (C=O) groups excluding carboxylic acids is 1. The van der Waals surface area contributed by atoms with E-state index < -0.39 is 11.6 Å². The van der Waals surface area contributed by atoms with Crippen LogP contribution in [0.25, 0.3) is 5.69 Å². The molecular formula is C20H19F2N3O. The summed E-state index contributed by atoms with van der Waals surface area (Å²) in [6, 6.07) is 13.3. The summed E-state index contributed by atoms with van der Waals surface area (Å²) in [6.45, 7) is 3.93. The van der Waals surface area contributed by atoms with Crippen molar-refractivity contribution in [1.82, 2.24) is 15.1 Å². The van der Waals surface area contributed by atoms with Gasteiger partial charge in [0, 0.05) is 17.8 Å². The quantitative estimate of drug-likeness (QED) is 0.760. The Hall–Kier alpha value is -3.02. The molecule has 1 heterocycles. The molecule has 0 bridgehead atoms. The second-order valence-electron chi connectivity index (χ2n) is 6.10. The molecule has 1 aromatic heterocycles. The second kappa shape index (κ2) is 7.47. The summed E-state index contributed by atoms with van der Waals surface area (Å²) in [7, 11) is 0. The highest BCUT2D eigenvalue weighted by Gasteiger charge is 2.16. The first-order valence-corrected chi connectivity index (χ1v) is 8.27. The van der Waals surface area contributed by atoms with Crippen LogP contribution >= 0.6 is 0 Å². The largest absolute Gasteiger partial charge is 0.352 e. The topological polar surface area (TPSA) is 46.9 Å². The number of hydrogen-bond acceptors (Lipinski definition) is 2. The smallest absolute Gasteiger partial charge is 0.224 e. The molecule has 0 unspecified atom stereocenters. The van der Waals surface area contributed by atoms with Crippen LogP contribution < -0.4 is 5.32 Å². The van der Waals surface area contributed by atoms with Crippen molar-refractivity contribution >= 4 is 5.91 Å². The van der Waals surface area contributed by atoms with Crippen molar-refractivity contribution in [1.29, 1.82) is 0 Å². The molecule has 6 heteroatoms. The van der Waals surface area contributed by atoms with E-state index in [0.717, 1.165) is 34.8 Å². The minimum Gasteiger partial charge on any atom is -0.352 e. The van der Waals surface area contributed by atoms with Gasteiger partial charge >= 0.3 is 0 Å². The summed E-state index contributed by atoms with van der Waals surface area (Å²) in [4.78, 5) is 12.3. The first-order chi connectivity index (χ1) is 12.5. The Bertz CT molecular complexity index is 936. The number of aryl methyl sites for hydroxylation is 1. The molecule has 134 valence electrons. The Morgan fingerprint density at radius 3 is 2.50 bits per heavy atom. The molecule has 0 spiro atoms. The Morgan fingerprint density at radius 1 is 1.08 bits per heavy atom. The zero-order chi connectivity index (χ0) is 18.7. The number of aromatic nitrogens is 2. The van der Waals surface area contributed by atoms with Gasteiger partial charge in [-0.15, -0.1) is 0 Å². The molecule has 0 aliphatic rings. The number of rotatable bonds is 5. The molecule has 2 aromatic carbocycles. The lowest BCUT2D eigenvalue weighted by atomic mass is 10.1. The van der Waals surface area contributed by atoms with E-state index in [1.54, 1.807) is 0 Å². The van der Waals surface area contributed by atoms with Gasteiger partial charge in [-0.25, -0.2) is 13.5 Å². The van der Waals surface area contributed by atoms with Gasteiger partial charge in [-0.2, -0.15) is 5.10 Å². The second-order valence-corrected chi connectivity index (χ2v) is 6.10. The molecule has 0 saturated heterocycles. The van der Waals surface area contributed by atoms with Crippen LogP contribution in [0, 0.1) is 25.5 Å². The third-order valence-corrected chi connectivity index (χ3v) is 4.25. The van der Waals surface area contributed by atoms with Gasteiger partial charge in [-0.05, 0) is 43.7 Å². The van der Waals surface area contributed by atoms with E-state index in [-0.39, 0.29) is 18.9 Å². The van der Waals surface area contributed by atoms with Gasteiger partial charge in [0.15, 0.2) is 11.6 Å². The summed E-state index contributed by atoms with van der Waals surface area (Å²) >= 11 is 0. The zero-order valence-corrected chi connectivity index (χ0v) is 14.6. The highest BCUT2D eigenvalue weighted by molar-refractivity contribution is 5.79. The van der Waals surface area contributed by atoms with E-state index in [0.29, 0.717) is 5.56 Å². The molecule has 0 aliphatic carbocycles. The summed E-state index contributed by atoms with van der Waals surface area (Å²) < 4.78 is 28.0. The Kier molecular flexibility index (Phi) is 5.11. The average molecular weight is 355 g/mol. The van der Waals surface area contributed by atoms with Crippen molar-refractivity contribution in [3.63, 3.8) is 0 Å². The van der Waals surface area contributed by atoms with Crippen molar-refractivity contribution in [2.45, 2.75) is 26.8 Å². The lowest BCUT2D eigenvalue weighted by Crippen LogP contribution is -2.25. The van der Waals surface area contributed by atoms with E-state index in [1.807, 2.05) is 48.9 Å². The molecule has 26 heavy (non-hydrogen) atoms. The third kappa shape index (κ3) is 3.79. The van der Waals surface area contributed by atoms with Gasteiger partial charge in [0.05, 0.1) is 17.8 Å².